The number of hydrogen-bond donors (Lipinski definition) is 1. The van der Waals surface area contributed by atoms with Gasteiger partial charge in [0, 0.05) is 13.1 Å². The highest BCUT2D eigenvalue weighted by molar-refractivity contribution is 8.18. The maximum atomic E-state index is 12.3. The van der Waals surface area contributed by atoms with E-state index in [0.29, 0.717) is 18.7 Å². The fourth-order valence-corrected chi connectivity index (χ4v) is 3.05. The van der Waals surface area contributed by atoms with Gasteiger partial charge in [-0.05, 0) is 49.4 Å². The van der Waals surface area contributed by atoms with Gasteiger partial charge in [0.15, 0.2) is 0 Å². The Morgan fingerprint density at radius 3 is 2.61 bits per heavy atom. The van der Waals surface area contributed by atoms with Gasteiger partial charge in [-0.15, -0.1) is 0 Å². The molecule has 0 aliphatic carbocycles. The van der Waals surface area contributed by atoms with Crippen molar-refractivity contribution in [2.45, 2.75) is 13.8 Å². The number of amides is 3. The lowest BCUT2D eigenvalue weighted by Gasteiger charge is -2.21. The lowest BCUT2D eigenvalue weighted by molar-refractivity contribution is -0.135. The number of nitrogens with zero attached hydrogens (tertiary/aromatic N) is 2. The number of phenolic OH excluding ortho intramolecular Hbond substituents is 1. The first kappa shape index (κ1) is 17.1. The van der Waals surface area contributed by atoms with Crippen LogP contribution in [-0.4, -0.2) is 51.6 Å². The normalized spacial score (nSPS) is 16.3. The molecule has 6 nitrogen and oxygen atoms in total. The molecule has 0 aromatic heterocycles. The van der Waals surface area contributed by atoms with Crippen LogP contribution in [0.2, 0.25) is 0 Å². The van der Waals surface area contributed by atoms with Crippen LogP contribution in [-0.2, 0) is 9.59 Å². The van der Waals surface area contributed by atoms with Gasteiger partial charge in [0.1, 0.15) is 12.3 Å². The first-order chi connectivity index (χ1) is 11.0. The summed E-state index contributed by atoms with van der Waals surface area (Å²) in [5.41, 5.74) is 0.616. The van der Waals surface area contributed by atoms with Crippen LogP contribution in [0.3, 0.4) is 0 Å². The van der Waals surface area contributed by atoms with Gasteiger partial charge in [0.2, 0.25) is 5.91 Å². The maximum Gasteiger partial charge on any atom is 0.294 e. The number of hydrogen-bond acceptors (Lipinski definition) is 5. The topological polar surface area (TPSA) is 77.9 Å². The number of rotatable bonds is 5. The molecule has 1 aromatic carbocycles. The lowest BCUT2D eigenvalue weighted by Crippen LogP contribution is -2.41. The first-order valence-corrected chi connectivity index (χ1v) is 8.10. The van der Waals surface area contributed by atoms with Crippen LogP contribution in [0.25, 0.3) is 6.08 Å². The third-order valence-corrected chi connectivity index (χ3v) is 4.36. The number of benzene rings is 1. The van der Waals surface area contributed by atoms with Gasteiger partial charge in [-0.3, -0.25) is 19.3 Å². The van der Waals surface area contributed by atoms with Gasteiger partial charge >= 0.3 is 0 Å². The molecule has 0 bridgehead atoms. The molecule has 0 saturated carbocycles. The summed E-state index contributed by atoms with van der Waals surface area (Å²) in [7, 11) is 0. The number of aromatic hydroxyl groups is 1. The Labute approximate surface area is 138 Å². The first-order valence-electron chi connectivity index (χ1n) is 7.28. The summed E-state index contributed by atoms with van der Waals surface area (Å²) in [4.78, 5) is 39.2. The number of imide groups is 1. The fraction of sp³-hybridized carbons (Fsp3) is 0.312. The molecule has 3 amide bonds. The largest absolute Gasteiger partial charge is 0.508 e. The molecule has 0 unspecified atom stereocenters. The van der Waals surface area contributed by atoms with E-state index in [1.165, 1.54) is 18.2 Å². The second-order valence-electron chi connectivity index (χ2n) is 4.93. The molecule has 0 atom stereocenters. The van der Waals surface area contributed by atoms with Crippen LogP contribution in [0.1, 0.15) is 19.4 Å². The molecule has 23 heavy (non-hydrogen) atoms. The molecule has 1 heterocycles. The second kappa shape index (κ2) is 7.32. The number of carbonyl (C=O) groups excluding carboxylic acids is 3. The maximum absolute atomic E-state index is 12.3. The van der Waals surface area contributed by atoms with Crippen molar-refractivity contribution >= 4 is 34.9 Å². The van der Waals surface area contributed by atoms with Crippen molar-refractivity contribution in [2.75, 3.05) is 19.6 Å². The zero-order valence-electron chi connectivity index (χ0n) is 13.0. The molecule has 2 rings (SSSR count). The Morgan fingerprint density at radius 2 is 2.00 bits per heavy atom. The van der Waals surface area contributed by atoms with Crippen molar-refractivity contribution < 1.29 is 19.5 Å². The van der Waals surface area contributed by atoms with E-state index < -0.39 is 11.1 Å². The summed E-state index contributed by atoms with van der Waals surface area (Å²) in [6.07, 6.45) is 1.53. The highest BCUT2D eigenvalue weighted by Gasteiger charge is 2.36. The van der Waals surface area contributed by atoms with Crippen molar-refractivity contribution in [3.63, 3.8) is 0 Å². The minimum Gasteiger partial charge on any atom is -0.508 e. The van der Waals surface area contributed by atoms with Crippen LogP contribution < -0.4 is 0 Å². The Bertz CT molecular complexity index is 668. The molecule has 0 spiro atoms. The SMILES string of the molecule is CCN(CC)C(=O)CN1C(=O)S/C(=C\c2cccc(O)c2)C1=O. The third kappa shape index (κ3) is 3.92. The summed E-state index contributed by atoms with van der Waals surface area (Å²) in [5.74, 6) is -0.658. The number of thioether (sulfide) groups is 1. The molecular formula is C16H18N2O4S. The molecule has 7 heteroatoms. The van der Waals surface area contributed by atoms with E-state index in [-0.39, 0.29) is 23.1 Å². The average molecular weight is 334 g/mol. The summed E-state index contributed by atoms with van der Waals surface area (Å²) in [6, 6.07) is 6.38. The molecule has 122 valence electrons. The zero-order valence-corrected chi connectivity index (χ0v) is 13.8. The summed E-state index contributed by atoms with van der Waals surface area (Å²) in [6.45, 7) is 4.51. The zero-order chi connectivity index (χ0) is 17.0. The minimum atomic E-state index is -0.483. The number of carbonyl (C=O) groups is 3. The van der Waals surface area contributed by atoms with E-state index in [4.69, 9.17) is 0 Å². The van der Waals surface area contributed by atoms with Gasteiger partial charge in [0.25, 0.3) is 11.1 Å². The molecular weight excluding hydrogens is 316 g/mol. The minimum absolute atomic E-state index is 0.0784. The van der Waals surface area contributed by atoms with E-state index in [1.807, 2.05) is 13.8 Å². The number of phenols is 1. The van der Waals surface area contributed by atoms with Crippen LogP contribution in [0.15, 0.2) is 29.2 Å². The van der Waals surface area contributed by atoms with E-state index >= 15 is 0 Å². The fourth-order valence-electron chi connectivity index (χ4n) is 2.21. The third-order valence-electron chi connectivity index (χ3n) is 3.45. The smallest absolute Gasteiger partial charge is 0.294 e. The molecule has 1 aliphatic rings. The van der Waals surface area contributed by atoms with Crippen molar-refractivity contribution in [2.24, 2.45) is 0 Å². The average Bonchev–Trinajstić information content (AvgIpc) is 2.76. The summed E-state index contributed by atoms with van der Waals surface area (Å²) < 4.78 is 0. The predicted molar refractivity (Wildman–Crippen MR) is 88.7 cm³/mol. The highest BCUT2D eigenvalue weighted by Crippen LogP contribution is 2.32. The van der Waals surface area contributed by atoms with Crippen LogP contribution in [0, 0.1) is 0 Å². The van der Waals surface area contributed by atoms with Gasteiger partial charge in [-0.25, -0.2) is 0 Å². The predicted octanol–water partition coefficient (Wildman–Crippen LogP) is 2.30. The Morgan fingerprint density at radius 1 is 1.30 bits per heavy atom. The summed E-state index contributed by atoms with van der Waals surface area (Å²) in [5, 5.41) is 8.99. The number of likely N-dealkylation sites (N-methyl/N-ethyl adjacent to an activating group) is 1. The van der Waals surface area contributed by atoms with Crippen molar-refractivity contribution in [1.82, 2.24) is 9.80 Å². The van der Waals surface area contributed by atoms with E-state index in [9.17, 15) is 19.5 Å². The van der Waals surface area contributed by atoms with Crippen molar-refractivity contribution in [1.29, 1.82) is 0 Å². The molecule has 0 radical (unpaired) electrons. The van der Waals surface area contributed by atoms with Gasteiger partial charge in [0.05, 0.1) is 4.91 Å². The highest BCUT2D eigenvalue weighted by atomic mass is 32.2. The molecule has 1 aliphatic heterocycles. The molecule has 1 aromatic rings. The van der Waals surface area contributed by atoms with Crippen LogP contribution in [0.4, 0.5) is 4.79 Å². The molecule has 1 saturated heterocycles. The van der Waals surface area contributed by atoms with E-state index in [2.05, 4.69) is 0 Å². The van der Waals surface area contributed by atoms with Crippen LogP contribution >= 0.6 is 11.8 Å². The van der Waals surface area contributed by atoms with E-state index in [0.717, 1.165) is 16.7 Å². The quantitative estimate of drug-likeness (QED) is 0.836. The van der Waals surface area contributed by atoms with Crippen LogP contribution in [0.5, 0.6) is 5.75 Å². The van der Waals surface area contributed by atoms with Gasteiger partial charge in [-0.1, -0.05) is 12.1 Å². The van der Waals surface area contributed by atoms with Crippen molar-refractivity contribution in [3.8, 4) is 5.75 Å². The van der Waals surface area contributed by atoms with Gasteiger partial charge in [-0.2, -0.15) is 0 Å². The lowest BCUT2D eigenvalue weighted by atomic mass is 10.2. The summed E-state index contributed by atoms with van der Waals surface area (Å²) >= 11 is 0.798. The van der Waals surface area contributed by atoms with E-state index in [1.54, 1.807) is 17.0 Å². The molecule has 1 fully saturated rings. The second-order valence-corrected chi connectivity index (χ2v) is 5.92. The standard InChI is InChI=1S/C16H18N2O4S/c1-3-17(4-2)14(20)10-18-15(21)13(23-16(18)22)9-11-6-5-7-12(19)8-11/h5-9,19H,3-4,10H2,1-2H3/b13-9-. The Hall–Kier alpha value is -2.28. The Balaban J connectivity index is 2.15. The monoisotopic (exact) mass is 334 g/mol. The molecule has 1 N–H and O–H groups in total. The van der Waals surface area contributed by atoms with Gasteiger partial charge < -0.3 is 10.0 Å². The van der Waals surface area contributed by atoms with Crippen molar-refractivity contribution in [3.05, 3.63) is 34.7 Å². The Kier molecular flexibility index (Phi) is 5.44.